The van der Waals surface area contributed by atoms with Crippen LogP contribution in [0.25, 0.3) is 0 Å². The molecule has 1 heterocycles. The molecule has 1 aliphatic heterocycles. The van der Waals surface area contributed by atoms with Gasteiger partial charge >= 0.3 is 11.8 Å². The number of carbonyl (C=O) groups excluding carboxylic acids is 2. The number of rotatable bonds is 5. The number of morpholine rings is 1. The van der Waals surface area contributed by atoms with Gasteiger partial charge in [-0.25, -0.2) is 0 Å². The summed E-state index contributed by atoms with van der Waals surface area (Å²) < 4.78 is 5.84. The number of amides is 2. The Morgan fingerprint density at radius 1 is 1.12 bits per heavy atom. The first kappa shape index (κ1) is 17.9. The summed E-state index contributed by atoms with van der Waals surface area (Å²) in [5.74, 6) is -1.03. The number of hydrogen-bond acceptors (Lipinski definition) is 4. The van der Waals surface area contributed by atoms with E-state index < -0.39 is 11.8 Å². The number of nitrogens with one attached hydrogen (secondary N) is 2. The van der Waals surface area contributed by atoms with Gasteiger partial charge in [-0.15, -0.1) is 0 Å². The summed E-state index contributed by atoms with van der Waals surface area (Å²) in [5, 5.41) is 5.54. The average Bonchev–Trinajstić information content (AvgIpc) is 3.15. The van der Waals surface area contributed by atoms with Gasteiger partial charge in [0.1, 0.15) is 0 Å². The highest BCUT2D eigenvalue weighted by atomic mass is 16.5. The van der Waals surface area contributed by atoms with E-state index in [1.807, 2.05) is 18.2 Å². The quantitative estimate of drug-likeness (QED) is 0.788. The maximum atomic E-state index is 11.9. The highest BCUT2D eigenvalue weighted by molar-refractivity contribution is 6.35. The van der Waals surface area contributed by atoms with E-state index in [1.54, 1.807) is 0 Å². The summed E-state index contributed by atoms with van der Waals surface area (Å²) in [4.78, 5) is 26.0. The van der Waals surface area contributed by atoms with Crippen molar-refractivity contribution in [3.8, 4) is 0 Å². The lowest BCUT2D eigenvalue weighted by atomic mass is 10.1. The molecular weight excluding hydrogens is 318 g/mol. The van der Waals surface area contributed by atoms with Gasteiger partial charge in [0.25, 0.3) is 0 Å². The van der Waals surface area contributed by atoms with Gasteiger partial charge < -0.3 is 15.4 Å². The Morgan fingerprint density at radius 3 is 2.64 bits per heavy atom. The van der Waals surface area contributed by atoms with E-state index in [-0.39, 0.29) is 12.1 Å². The maximum Gasteiger partial charge on any atom is 0.309 e. The molecular formula is C19H27N3O3. The van der Waals surface area contributed by atoms with Crippen LogP contribution in [0.1, 0.15) is 37.4 Å². The van der Waals surface area contributed by atoms with Gasteiger partial charge in [-0.05, 0) is 18.4 Å². The Balaban J connectivity index is 1.38. The molecule has 3 rings (SSSR count). The molecule has 2 N–H and O–H groups in total. The minimum absolute atomic E-state index is 0.0660. The van der Waals surface area contributed by atoms with Gasteiger partial charge in [0, 0.05) is 32.2 Å². The van der Waals surface area contributed by atoms with Crippen molar-refractivity contribution in [3.05, 3.63) is 35.9 Å². The molecule has 2 fully saturated rings. The van der Waals surface area contributed by atoms with E-state index in [1.165, 1.54) is 5.56 Å². The van der Waals surface area contributed by atoms with Gasteiger partial charge in [-0.1, -0.05) is 43.2 Å². The third kappa shape index (κ3) is 5.28. The summed E-state index contributed by atoms with van der Waals surface area (Å²) in [7, 11) is 0. The molecule has 1 saturated carbocycles. The molecule has 1 aromatic rings. The van der Waals surface area contributed by atoms with Crippen LogP contribution in [-0.2, 0) is 14.3 Å². The fourth-order valence-corrected chi connectivity index (χ4v) is 3.50. The minimum Gasteiger partial charge on any atom is -0.371 e. The number of ether oxygens (including phenoxy) is 1. The molecule has 6 nitrogen and oxygen atoms in total. The van der Waals surface area contributed by atoms with E-state index in [2.05, 4.69) is 27.7 Å². The molecule has 0 radical (unpaired) electrons. The Labute approximate surface area is 148 Å². The standard InChI is InChI=1S/C19H27N3O3/c23-18(19(24)21-16-8-4-5-9-16)20-10-11-22-12-13-25-17(14-22)15-6-2-1-3-7-15/h1-3,6-7,16-17H,4-5,8-14H2,(H,20,23)(H,21,24)/t17-/m1/s1. The number of hydrogen-bond donors (Lipinski definition) is 2. The zero-order valence-electron chi connectivity index (χ0n) is 14.6. The second kappa shape index (κ2) is 8.97. The van der Waals surface area contributed by atoms with Crippen LogP contribution in [-0.4, -0.2) is 55.5 Å². The lowest BCUT2D eigenvalue weighted by molar-refractivity contribution is -0.139. The number of benzene rings is 1. The summed E-state index contributed by atoms with van der Waals surface area (Å²) in [5.41, 5.74) is 1.17. The van der Waals surface area contributed by atoms with Crippen LogP contribution in [0, 0.1) is 0 Å². The molecule has 0 unspecified atom stereocenters. The fraction of sp³-hybridized carbons (Fsp3) is 0.579. The zero-order chi connectivity index (χ0) is 17.5. The summed E-state index contributed by atoms with van der Waals surface area (Å²) >= 11 is 0. The van der Waals surface area contributed by atoms with E-state index in [0.717, 1.165) is 45.3 Å². The normalized spacial score (nSPS) is 21.8. The topological polar surface area (TPSA) is 70.7 Å². The van der Waals surface area contributed by atoms with Crippen molar-refractivity contribution in [3.63, 3.8) is 0 Å². The first-order valence-corrected chi connectivity index (χ1v) is 9.20. The van der Waals surface area contributed by atoms with E-state index in [9.17, 15) is 9.59 Å². The van der Waals surface area contributed by atoms with Crippen LogP contribution in [0.4, 0.5) is 0 Å². The average molecular weight is 345 g/mol. The molecule has 0 aromatic heterocycles. The molecule has 1 aliphatic carbocycles. The lowest BCUT2D eigenvalue weighted by Gasteiger charge is -2.33. The second-order valence-corrected chi connectivity index (χ2v) is 6.78. The predicted molar refractivity (Wildman–Crippen MR) is 95.0 cm³/mol. The Hall–Kier alpha value is -1.92. The zero-order valence-corrected chi connectivity index (χ0v) is 14.6. The molecule has 25 heavy (non-hydrogen) atoms. The predicted octanol–water partition coefficient (Wildman–Crippen LogP) is 1.23. The maximum absolute atomic E-state index is 11.9. The van der Waals surface area contributed by atoms with Crippen molar-refractivity contribution >= 4 is 11.8 Å². The number of carbonyl (C=O) groups is 2. The van der Waals surface area contributed by atoms with Crippen LogP contribution < -0.4 is 10.6 Å². The van der Waals surface area contributed by atoms with Gasteiger partial charge in [-0.3, -0.25) is 14.5 Å². The van der Waals surface area contributed by atoms with Crippen molar-refractivity contribution in [2.75, 3.05) is 32.8 Å². The molecule has 0 bridgehead atoms. The highest BCUT2D eigenvalue weighted by Crippen LogP contribution is 2.21. The van der Waals surface area contributed by atoms with E-state index in [4.69, 9.17) is 4.74 Å². The monoisotopic (exact) mass is 345 g/mol. The molecule has 2 amide bonds. The molecule has 1 atom stereocenters. The van der Waals surface area contributed by atoms with Gasteiger partial charge in [-0.2, -0.15) is 0 Å². The summed E-state index contributed by atoms with van der Waals surface area (Å²) in [6, 6.07) is 10.3. The van der Waals surface area contributed by atoms with Crippen LogP contribution in [0.15, 0.2) is 30.3 Å². The molecule has 136 valence electrons. The van der Waals surface area contributed by atoms with E-state index in [0.29, 0.717) is 13.2 Å². The van der Waals surface area contributed by atoms with Crippen molar-refractivity contribution < 1.29 is 14.3 Å². The Kier molecular flexibility index (Phi) is 6.42. The molecule has 0 spiro atoms. The fourth-order valence-electron chi connectivity index (χ4n) is 3.50. The second-order valence-electron chi connectivity index (χ2n) is 6.78. The van der Waals surface area contributed by atoms with Crippen molar-refractivity contribution in [2.45, 2.75) is 37.8 Å². The summed E-state index contributed by atoms with van der Waals surface area (Å²) in [6.45, 7) is 3.50. The van der Waals surface area contributed by atoms with Crippen molar-refractivity contribution in [2.24, 2.45) is 0 Å². The van der Waals surface area contributed by atoms with Crippen LogP contribution >= 0.6 is 0 Å². The van der Waals surface area contributed by atoms with Crippen LogP contribution in [0.3, 0.4) is 0 Å². The first-order chi connectivity index (χ1) is 12.2. The first-order valence-electron chi connectivity index (χ1n) is 9.20. The SMILES string of the molecule is O=C(NCCN1CCO[C@@H](c2ccccc2)C1)C(=O)NC1CCCC1. The third-order valence-corrected chi connectivity index (χ3v) is 4.93. The molecule has 6 heteroatoms. The van der Waals surface area contributed by atoms with E-state index >= 15 is 0 Å². The minimum atomic E-state index is -0.528. The van der Waals surface area contributed by atoms with Crippen LogP contribution in [0.5, 0.6) is 0 Å². The van der Waals surface area contributed by atoms with Crippen molar-refractivity contribution in [1.82, 2.24) is 15.5 Å². The Bertz CT molecular complexity index is 573. The number of nitrogens with zero attached hydrogens (tertiary/aromatic N) is 1. The highest BCUT2D eigenvalue weighted by Gasteiger charge is 2.23. The largest absolute Gasteiger partial charge is 0.371 e. The lowest BCUT2D eigenvalue weighted by Crippen LogP contribution is -2.47. The van der Waals surface area contributed by atoms with Crippen LogP contribution in [0.2, 0.25) is 0 Å². The van der Waals surface area contributed by atoms with Gasteiger partial charge in [0.15, 0.2) is 0 Å². The Morgan fingerprint density at radius 2 is 1.88 bits per heavy atom. The molecule has 1 aromatic carbocycles. The smallest absolute Gasteiger partial charge is 0.309 e. The van der Waals surface area contributed by atoms with Gasteiger partial charge in [0.05, 0.1) is 12.7 Å². The third-order valence-electron chi connectivity index (χ3n) is 4.93. The molecule has 1 saturated heterocycles. The molecule has 2 aliphatic rings. The van der Waals surface area contributed by atoms with Crippen molar-refractivity contribution in [1.29, 1.82) is 0 Å². The van der Waals surface area contributed by atoms with Gasteiger partial charge in [0.2, 0.25) is 0 Å². The summed E-state index contributed by atoms with van der Waals surface area (Å²) in [6.07, 6.45) is 4.29.